The predicted molar refractivity (Wildman–Crippen MR) is 105 cm³/mol. The number of rotatable bonds is 5. The molecule has 0 radical (unpaired) electrons. The third kappa shape index (κ3) is 6.28. The van der Waals surface area contributed by atoms with Crippen LogP contribution in [0.2, 0.25) is 0 Å². The number of primary amides is 1. The van der Waals surface area contributed by atoms with Gasteiger partial charge >= 0.3 is 0 Å². The molecule has 0 bridgehead atoms. The van der Waals surface area contributed by atoms with E-state index >= 15 is 0 Å². The van der Waals surface area contributed by atoms with E-state index in [2.05, 4.69) is 10.3 Å². The van der Waals surface area contributed by atoms with E-state index in [0.717, 1.165) is 11.3 Å². The lowest BCUT2D eigenvalue weighted by Crippen LogP contribution is -2.10. The quantitative estimate of drug-likeness (QED) is 0.670. The molecule has 2 aromatic carbocycles. The van der Waals surface area contributed by atoms with E-state index in [-0.39, 0.29) is 5.78 Å². The lowest BCUT2D eigenvalue weighted by atomic mass is 10.1. The third-order valence-corrected chi connectivity index (χ3v) is 3.58. The molecule has 138 valence electrons. The van der Waals surface area contributed by atoms with Crippen molar-refractivity contribution in [2.75, 3.05) is 12.4 Å². The van der Waals surface area contributed by atoms with Crippen molar-refractivity contribution >= 4 is 17.4 Å². The summed E-state index contributed by atoms with van der Waals surface area (Å²) in [6.07, 6.45) is 3.26. The number of anilines is 1. The number of carbonyl (C=O) groups excluding carboxylic acids is 2. The van der Waals surface area contributed by atoms with Gasteiger partial charge in [-0.05, 0) is 61.5 Å². The van der Waals surface area contributed by atoms with Crippen molar-refractivity contribution < 1.29 is 14.3 Å². The fourth-order valence-electron chi connectivity index (χ4n) is 2.13. The second-order valence-electron chi connectivity index (χ2n) is 5.56. The minimum absolute atomic E-state index is 0.104. The van der Waals surface area contributed by atoms with Crippen LogP contribution in [0, 0.1) is 0 Å². The molecule has 1 aromatic heterocycles. The molecule has 27 heavy (non-hydrogen) atoms. The number of nitrogens with zero attached hydrogens (tertiary/aromatic N) is 1. The Morgan fingerprint density at radius 2 is 1.59 bits per heavy atom. The SMILES string of the molecule is CNc1ccc(C(C)=O)cc1.NC(=O)c1cccc(Oc2ccncc2)c1. The Labute approximate surface area is 158 Å². The third-order valence-electron chi connectivity index (χ3n) is 3.58. The normalized spacial score (nSPS) is 9.56. The van der Waals surface area contributed by atoms with E-state index in [1.165, 1.54) is 0 Å². The number of carbonyl (C=O) groups is 2. The van der Waals surface area contributed by atoms with Gasteiger partial charge in [-0.2, -0.15) is 0 Å². The zero-order chi connectivity index (χ0) is 19.6. The highest BCUT2D eigenvalue weighted by atomic mass is 16.5. The van der Waals surface area contributed by atoms with Crippen LogP contribution in [0.15, 0.2) is 73.1 Å². The van der Waals surface area contributed by atoms with Gasteiger partial charge < -0.3 is 15.8 Å². The van der Waals surface area contributed by atoms with Crippen LogP contribution in [0.1, 0.15) is 27.6 Å². The van der Waals surface area contributed by atoms with Crippen molar-refractivity contribution in [2.45, 2.75) is 6.92 Å². The maximum atomic E-state index is 11.0. The molecular formula is C21H21N3O3. The van der Waals surface area contributed by atoms with Crippen LogP contribution in [0.5, 0.6) is 11.5 Å². The fraction of sp³-hybridized carbons (Fsp3) is 0.0952. The Bertz CT molecular complexity index is 894. The Morgan fingerprint density at radius 1 is 0.926 bits per heavy atom. The van der Waals surface area contributed by atoms with E-state index in [1.807, 2.05) is 31.3 Å². The Hall–Kier alpha value is -3.67. The van der Waals surface area contributed by atoms with Gasteiger partial charge in [-0.15, -0.1) is 0 Å². The van der Waals surface area contributed by atoms with Crippen LogP contribution in [0.4, 0.5) is 5.69 Å². The monoisotopic (exact) mass is 363 g/mol. The molecule has 6 nitrogen and oxygen atoms in total. The van der Waals surface area contributed by atoms with Crippen molar-refractivity contribution in [3.8, 4) is 11.5 Å². The van der Waals surface area contributed by atoms with Gasteiger partial charge in [-0.3, -0.25) is 14.6 Å². The highest BCUT2D eigenvalue weighted by Gasteiger charge is 2.02. The molecule has 6 heteroatoms. The van der Waals surface area contributed by atoms with E-state index in [4.69, 9.17) is 10.5 Å². The topological polar surface area (TPSA) is 94.3 Å². The smallest absolute Gasteiger partial charge is 0.248 e. The van der Waals surface area contributed by atoms with Gasteiger partial charge in [-0.1, -0.05) is 6.07 Å². The Balaban J connectivity index is 0.000000208. The number of Topliss-reactive ketones (excluding diaryl/α,β-unsaturated/α-hetero) is 1. The maximum Gasteiger partial charge on any atom is 0.248 e. The van der Waals surface area contributed by atoms with Crippen LogP contribution < -0.4 is 15.8 Å². The molecule has 0 saturated heterocycles. The molecular weight excluding hydrogens is 342 g/mol. The van der Waals surface area contributed by atoms with E-state index in [1.54, 1.807) is 55.7 Å². The molecule has 1 heterocycles. The molecule has 0 saturated carbocycles. The lowest BCUT2D eigenvalue weighted by Gasteiger charge is -2.05. The number of hydrogen-bond acceptors (Lipinski definition) is 5. The van der Waals surface area contributed by atoms with Gasteiger partial charge in [0.15, 0.2) is 5.78 Å². The molecule has 3 rings (SSSR count). The molecule has 0 unspecified atom stereocenters. The van der Waals surface area contributed by atoms with E-state index < -0.39 is 5.91 Å². The molecule has 0 spiro atoms. The molecule has 3 aromatic rings. The lowest BCUT2D eigenvalue weighted by molar-refractivity contribution is 0.0996. The zero-order valence-electron chi connectivity index (χ0n) is 15.2. The first kappa shape index (κ1) is 19.7. The highest BCUT2D eigenvalue weighted by Crippen LogP contribution is 2.21. The zero-order valence-corrected chi connectivity index (χ0v) is 15.2. The number of amides is 1. The van der Waals surface area contributed by atoms with Gasteiger partial charge in [0.1, 0.15) is 11.5 Å². The summed E-state index contributed by atoms with van der Waals surface area (Å²) in [5.74, 6) is 0.868. The van der Waals surface area contributed by atoms with Crippen molar-refractivity contribution in [2.24, 2.45) is 5.73 Å². The van der Waals surface area contributed by atoms with Gasteiger partial charge in [-0.25, -0.2) is 0 Å². The summed E-state index contributed by atoms with van der Waals surface area (Å²) in [7, 11) is 1.85. The Kier molecular flexibility index (Phi) is 7.07. The number of nitrogens with one attached hydrogen (secondary N) is 1. The summed E-state index contributed by atoms with van der Waals surface area (Å²) in [5.41, 5.74) is 7.37. The Morgan fingerprint density at radius 3 is 2.15 bits per heavy atom. The second-order valence-corrected chi connectivity index (χ2v) is 5.56. The summed E-state index contributed by atoms with van der Waals surface area (Å²) in [5, 5.41) is 2.98. The summed E-state index contributed by atoms with van der Waals surface area (Å²) in [6.45, 7) is 1.56. The second kappa shape index (κ2) is 9.72. The fourth-order valence-corrected chi connectivity index (χ4v) is 2.13. The van der Waals surface area contributed by atoms with E-state index in [0.29, 0.717) is 17.1 Å². The van der Waals surface area contributed by atoms with Crippen LogP contribution in [0.25, 0.3) is 0 Å². The molecule has 1 amide bonds. The van der Waals surface area contributed by atoms with E-state index in [9.17, 15) is 9.59 Å². The van der Waals surface area contributed by atoms with Crippen LogP contribution in [-0.2, 0) is 0 Å². The number of nitrogens with two attached hydrogens (primary N) is 1. The number of benzene rings is 2. The molecule has 0 fully saturated rings. The standard InChI is InChI=1S/C12H10N2O2.C9H11NO/c13-12(15)9-2-1-3-11(8-9)16-10-4-6-14-7-5-10;1-7(11)8-3-5-9(10-2)6-4-8/h1-8H,(H2,13,15);3-6,10H,1-2H3. The van der Waals surface area contributed by atoms with Gasteiger partial charge in [0.2, 0.25) is 5.91 Å². The number of ether oxygens (including phenoxy) is 1. The van der Waals surface area contributed by atoms with Crippen LogP contribution >= 0.6 is 0 Å². The van der Waals surface area contributed by atoms with Gasteiger partial charge in [0.25, 0.3) is 0 Å². The molecule has 0 aliphatic rings. The largest absolute Gasteiger partial charge is 0.457 e. The number of ketones is 1. The number of pyridine rings is 1. The summed E-state index contributed by atoms with van der Waals surface area (Å²) in [6, 6.07) is 17.6. The molecule has 0 aliphatic heterocycles. The average Bonchev–Trinajstić information content (AvgIpc) is 2.69. The minimum atomic E-state index is -0.472. The molecule has 0 aliphatic carbocycles. The first-order valence-electron chi connectivity index (χ1n) is 8.26. The van der Waals surface area contributed by atoms with Crippen LogP contribution in [0.3, 0.4) is 0 Å². The summed E-state index contributed by atoms with van der Waals surface area (Å²) in [4.78, 5) is 25.7. The van der Waals surface area contributed by atoms with Crippen molar-refractivity contribution in [1.29, 1.82) is 0 Å². The number of hydrogen-bond donors (Lipinski definition) is 2. The summed E-state index contributed by atoms with van der Waals surface area (Å²) >= 11 is 0. The first-order chi connectivity index (χ1) is 13.0. The maximum absolute atomic E-state index is 11.0. The summed E-state index contributed by atoms with van der Waals surface area (Å²) < 4.78 is 5.52. The van der Waals surface area contributed by atoms with Crippen molar-refractivity contribution in [1.82, 2.24) is 4.98 Å². The predicted octanol–water partition coefficient (Wildman–Crippen LogP) is 3.90. The van der Waals surface area contributed by atoms with Crippen molar-refractivity contribution in [3.63, 3.8) is 0 Å². The van der Waals surface area contributed by atoms with Gasteiger partial charge in [0.05, 0.1) is 0 Å². The molecule has 0 atom stereocenters. The van der Waals surface area contributed by atoms with Gasteiger partial charge in [0, 0.05) is 36.3 Å². The van der Waals surface area contributed by atoms with Crippen molar-refractivity contribution in [3.05, 3.63) is 84.2 Å². The average molecular weight is 363 g/mol. The molecule has 3 N–H and O–H groups in total. The first-order valence-corrected chi connectivity index (χ1v) is 8.26. The minimum Gasteiger partial charge on any atom is -0.457 e. The van der Waals surface area contributed by atoms with Crippen LogP contribution in [-0.4, -0.2) is 23.7 Å². The number of aromatic nitrogens is 1. The highest BCUT2D eigenvalue weighted by molar-refractivity contribution is 5.94.